The molecule has 0 aliphatic carbocycles. The first-order valence-electron chi connectivity index (χ1n) is 6.94. The summed E-state index contributed by atoms with van der Waals surface area (Å²) in [6.07, 6.45) is 1.46. The zero-order chi connectivity index (χ0) is 15.4. The number of rotatable bonds is 3. The van der Waals surface area contributed by atoms with Crippen molar-refractivity contribution in [3.05, 3.63) is 34.1 Å². The summed E-state index contributed by atoms with van der Waals surface area (Å²) < 4.78 is 18.8. The fraction of sp³-hybridized carbons (Fsp3) is 0.467. The molecule has 1 fully saturated rings. The molecule has 1 heterocycles. The molecule has 0 bridgehead atoms. The molecule has 0 spiro atoms. The molecule has 1 amide bonds. The maximum absolute atomic E-state index is 13.5. The number of nitrogens with zero attached hydrogens (tertiary/aromatic N) is 1. The fourth-order valence-electron chi connectivity index (χ4n) is 2.43. The zero-order valence-corrected chi connectivity index (χ0v) is 13.4. The number of ether oxygens (including phenoxy) is 1. The second kappa shape index (κ2) is 7.02. The fourth-order valence-corrected chi connectivity index (χ4v) is 2.67. The molecule has 0 saturated carbocycles. The van der Waals surface area contributed by atoms with E-state index < -0.39 is 5.82 Å². The molecule has 1 atom stereocenters. The second-order valence-corrected chi connectivity index (χ2v) is 5.83. The predicted molar refractivity (Wildman–Crippen MR) is 79.4 cm³/mol. The molecular formula is C15H17BrFNO3. The number of esters is 1. The van der Waals surface area contributed by atoms with E-state index >= 15 is 0 Å². The predicted octanol–water partition coefficient (Wildman–Crippen LogP) is 3.00. The third-order valence-electron chi connectivity index (χ3n) is 3.50. The first-order valence-corrected chi connectivity index (χ1v) is 7.73. The van der Waals surface area contributed by atoms with Crippen molar-refractivity contribution in [2.45, 2.75) is 19.8 Å². The van der Waals surface area contributed by atoms with Gasteiger partial charge in [0.1, 0.15) is 5.82 Å². The first-order chi connectivity index (χ1) is 10.0. The van der Waals surface area contributed by atoms with E-state index in [1.165, 1.54) is 12.1 Å². The van der Waals surface area contributed by atoms with Crippen LogP contribution in [0.4, 0.5) is 4.39 Å². The molecular weight excluding hydrogens is 341 g/mol. The van der Waals surface area contributed by atoms with E-state index in [9.17, 15) is 14.0 Å². The Bertz CT molecular complexity index is 550. The molecule has 1 unspecified atom stereocenters. The van der Waals surface area contributed by atoms with Gasteiger partial charge in [0, 0.05) is 18.7 Å². The molecule has 1 aliphatic rings. The standard InChI is InChI=1S/C15H17BrFNO3/c1-2-21-15(20)11-4-3-7-18(9-11)14(19)10-5-6-12(16)13(17)8-10/h5-6,8,11H,2-4,7,9H2,1H3. The topological polar surface area (TPSA) is 46.6 Å². The van der Waals surface area contributed by atoms with E-state index in [0.717, 1.165) is 12.8 Å². The van der Waals surface area contributed by atoms with Gasteiger partial charge in [0.05, 0.1) is 17.0 Å². The van der Waals surface area contributed by atoms with Crippen LogP contribution in [-0.2, 0) is 9.53 Å². The lowest BCUT2D eigenvalue weighted by atomic mass is 9.97. The summed E-state index contributed by atoms with van der Waals surface area (Å²) >= 11 is 3.06. The maximum Gasteiger partial charge on any atom is 0.310 e. The first kappa shape index (κ1) is 15.9. The number of benzene rings is 1. The van der Waals surface area contributed by atoms with Gasteiger partial charge in [0.15, 0.2) is 0 Å². The lowest BCUT2D eigenvalue weighted by Gasteiger charge is -2.31. The summed E-state index contributed by atoms with van der Waals surface area (Å²) in [6, 6.07) is 4.29. The molecule has 1 aliphatic heterocycles. The van der Waals surface area contributed by atoms with E-state index in [1.54, 1.807) is 17.9 Å². The Hall–Kier alpha value is -1.43. The van der Waals surface area contributed by atoms with E-state index in [-0.39, 0.29) is 17.8 Å². The molecule has 21 heavy (non-hydrogen) atoms. The van der Waals surface area contributed by atoms with Crippen LogP contribution in [0, 0.1) is 11.7 Å². The van der Waals surface area contributed by atoms with Gasteiger partial charge in [0.25, 0.3) is 5.91 Å². The summed E-state index contributed by atoms with van der Waals surface area (Å²) in [7, 11) is 0. The number of halogens is 2. The van der Waals surface area contributed by atoms with Crippen LogP contribution in [0.25, 0.3) is 0 Å². The van der Waals surface area contributed by atoms with Gasteiger partial charge in [-0.2, -0.15) is 0 Å². The molecule has 2 rings (SSSR count). The van der Waals surface area contributed by atoms with E-state index in [2.05, 4.69) is 15.9 Å². The minimum atomic E-state index is -0.472. The number of hydrogen-bond acceptors (Lipinski definition) is 3. The van der Waals surface area contributed by atoms with Gasteiger partial charge in [-0.25, -0.2) is 4.39 Å². The monoisotopic (exact) mass is 357 g/mol. The normalized spacial score (nSPS) is 18.4. The third kappa shape index (κ3) is 3.81. The number of piperidine rings is 1. The maximum atomic E-state index is 13.5. The van der Waals surface area contributed by atoms with Gasteiger partial charge in [-0.3, -0.25) is 9.59 Å². The third-order valence-corrected chi connectivity index (χ3v) is 4.14. The smallest absolute Gasteiger partial charge is 0.310 e. The minimum Gasteiger partial charge on any atom is -0.466 e. The van der Waals surface area contributed by atoms with Crippen molar-refractivity contribution in [3.63, 3.8) is 0 Å². The summed E-state index contributed by atoms with van der Waals surface area (Å²) in [5.74, 6) is -1.28. The lowest BCUT2D eigenvalue weighted by molar-refractivity contribution is -0.149. The van der Waals surface area contributed by atoms with Crippen LogP contribution in [-0.4, -0.2) is 36.5 Å². The molecule has 0 aromatic heterocycles. The van der Waals surface area contributed by atoms with Crippen LogP contribution in [0.5, 0.6) is 0 Å². The van der Waals surface area contributed by atoms with Crippen molar-refractivity contribution in [1.29, 1.82) is 0 Å². The highest BCUT2D eigenvalue weighted by atomic mass is 79.9. The number of amides is 1. The average molecular weight is 358 g/mol. The van der Waals surface area contributed by atoms with Crippen LogP contribution in [0.3, 0.4) is 0 Å². The number of carbonyl (C=O) groups excluding carboxylic acids is 2. The van der Waals surface area contributed by atoms with Crippen molar-refractivity contribution in [1.82, 2.24) is 4.90 Å². The van der Waals surface area contributed by atoms with Crippen LogP contribution < -0.4 is 0 Å². The Morgan fingerprint density at radius 3 is 2.90 bits per heavy atom. The summed E-state index contributed by atoms with van der Waals surface area (Å²) in [5, 5.41) is 0. The highest BCUT2D eigenvalue weighted by Gasteiger charge is 2.29. The van der Waals surface area contributed by atoms with Gasteiger partial charge in [-0.15, -0.1) is 0 Å². The Kier molecular flexibility index (Phi) is 5.33. The highest BCUT2D eigenvalue weighted by Crippen LogP contribution is 2.22. The minimum absolute atomic E-state index is 0.254. The molecule has 4 nitrogen and oxygen atoms in total. The van der Waals surface area contributed by atoms with Gasteiger partial charge < -0.3 is 9.64 Å². The van der Waals surface area contributed by atoms with Crippen molar-refractivity contribution < 1.29 is 18.7 Å². The Morgan fingerprint density at radius 1 is 1.48 bits per heavy atom. The van der Waals surface area contributed by atoms with Crippen LogP contribution in [0.1, 0.15) is 30.1 Å². The van der Waals surface area contributed by atoms with E-state index in [4.69, 9.17) is 4.74 Å². The van der Waals surface area contributed by atoms with Crippen molar-refractivity contribution in [2.75, 3.05) is 19.7 Å². The summed E-state index contributed by atoms with van der Waals surface area (Å²) in [6.45, 7) is 3.00. The van der Waals surface area contributed by atoms with Crippen LogP contribution in [0.2, 0.25) is 0 Å². The molecule has 0 N–H and O–H groups in total. The highest BCUT2D eigenvalue weighted by molar-refractivity contribution is 9.10. The van der Waals surface area contributed by atoms with Gasteiger partial charge in [-0.05, 0) is 53.9 Å². The zero-order valence-electron chi connectivity index (χ0n) is 11.8. The lowest BCUT2D eigenvalue weighted by Crippen LogP contribution is -2.42. The van der Waals surface area contributed by atoms with Crippen LogP contribution >= 0.6 is 15.9 Å². The largest absolute Gasteiger partial charge is 0.466 e. The summed E-state index contributed by atoms with van der Waals surface area (Å²) in [4.78, 5) is 25.7. The molecule has 6 heteroatoms. The van der Waals surface area contributed by atoms with Crippen molar-refractivity contribution in [2.24, 2.45) is 5.92 Å². The molecule has 114 valence electrons. The molecule has 1 aromatic carbocycles. The van der Waals surface area contributed by atoms with Crippen molar-refractivity contribution >= 4 is 27.8 Å². The molecule has 1 aromatic rings. The van der Waals surface area contributed by atoms with Gasteiger partial charge in [-0.1, -0.05) is 0 Å². The van der Waals surface area contributed by atoms with Crippen molar-refractivity contribution in [3.8, 4) is 0 Å². The number of likely N-dealkylation sites (tertiary alicyclic amines) is 1. The SMILES string of the molecule is CCOC(=O)C1CCCN(C(=O)c2ccc(Br)c(F)c2)C1. The molecule has 0 radical (unpaired) electrons. The van der Waals surface area contributed by atoms with Crippen LogP contribution in [0.15, 0.2) is 22.7 Å². The van der Waals surface area contributed by atoms with E-state index in [1.807, 2.05) is 0 Å². The summed E-state index contributed by atoms with van der Waals surface area (Å²) in [5.41, 5.74) is 0.292. The van der Waals surface area contributed by atoms with Gasteiger partial charge in [0.2, 0.25) is 0 Å². The quantitative estimate of drug-likeness (QED) is 0.781. The van der Waals surface area contributed by atoms with E-state index in [0.29, 0.717) is 29.7 Å². The Morgan fingerprint density at radius 2 is 2.24 bits per heavy atom. The average Bonchev–Trinajstić information content (AvgIpc) is 2.49. The Balaban J connectivity index is 2.08. The molecule has 1 saturated heterocycles. The van der Waals surface area contributed by atoms with Gasteiger partial charge >= 0.3 is 5.97 Å². The Labute approximate surface area is 131 Å². The number of hydrogen-bond donors (Lipinski definition) is 0. The number of carbonyl (C=O) groups is 2. The second-order valence-electron chi connectivity index (χ2n) is 4.97.